The Morgan fingerprint density at radius 2 is 1.92 bits per heavy atom. The normalized spacial score (nSPS) is 15.7. The lowest BCUT2D eigenvalue weighted by atomic mass is 9.97. The first-order chi connectivity index (χ1) is 11.3. The maximum absolute atomic E-state index is 5.50. The number of likely N-dealkylation sites (tertiary alicyclic amines) is 1. The monoisotopic (exact) mass is 401 g/mol. The highest BCUT2D eigenvalue weighted by Crippen LogP contribution is 2.33. The van der Waals surface area contributed by atoms with E-state index in [2.05, 4.69) is 39.3 Å². The van der Waals surface area contributed by atoms with Crippen LogP contribution in [-0.4, -0.2) is 33.1 Å². The Kier molecular flexibility index (Phi) is 7.15. The molecule has 0 bridgehead atoms. The molecule has 0 aliphatic carbocycles. The predicted molar refractivity (Wildman–Crippen MR) is 104 cm³/mol. The minimum atomic E-state index is 0. The van der Waals surface area contributed by atoms with E-state index in [1.807, 2.05) is 11.3 Å². The Hall–Kier alpha value is -1.25. The summed E-state index contributed by atoms with van der Waals surface area (Å²) in [6.07, 6.45) is 2.25. The van der Waals surface area contributed by atoms with Gasteiger partial charge in [-0.1, -0.05) is 17.3 Å². The molecule has 1 aliphatic rings. The molecule has 9 heteroatoms. The molecule has 1 fully saturated rings. The molecule has 2 N–H and O–H groups in total. The Balaban J connectivity index is 0.00000113. The highest BCUT2D eigenvalue weighted by Gasteiger charge is 2.24. The van der Waals surface area contributed by atoms with Crippen molar-refractivity contribution in [2.75, 3.05) is 13.1 Å². The van der Waals surface area contributed by atoms with Crippen molar-refractivity contribution < 1.29 is 4.52 Å². The van der Waals surface area contributed by atoms with Crippen molar-refractivity contribution in [2.45, 2.75) is 31.8 Å². The van der Waals surface area contributed by atoms with Crippen molar-refractivity contribution in [2.24, 2.45) is 5.73 Å². The number of halogens is 2. The molecule has 2 aromatic heterocycles. The van der Waals surface area contributed by atoms with Gasteiger partial charge in [0.25, 0.3) is 0 Å². The van der Waals surface area contributed by atoms with E-state index in [1.54, 1.807) is 0 Å². The molecular formula is C16H21Cl2N5OS. The molecule has 0 spiro atoms. The highest BCUT2D eigenvalue weighted by atomic mass is 35.5. The van der Waals surface area contributed by atoms with Gasteiger partial charge in [0, 0.05) is 5.92 Å². The zero-order valence-corrected chi connectivity index (χ0v) is 16.1. The maximum Gasteiger partial charge on any atom is 0.240 e. The van der Waals surface area contributed by atoms with E-state index in [1.165, 1.54) is 9.71 Å². The summed E-state index contributed by atoms with van der Waals surface area (Å²) in [5.74, 6) is 1.79. The van der Waals surface area contributed by atoms with Gasteiger partial charge in [-0.25, -0.2) is 4.98 Å². The number of para-hydroxylation sites is 1. The largest absolute Gasteiger partial charge is 0.338 e. The fraction of sp³-hybridized carbons (Fsp3) is 0.438. The lowest BCUT2D eigenvalue weighted by Crippen LogP contribution is -2.32. The van der Waals surface area contributed by atoms with Crippen LogP contribution < -0.4 is 5.73 Å². The van der Waals surface area contributed by atoms with Crippen molar-refractivity contribution in [1.82, 2.24) is 20.0 Å². The van der Waals surface area contributed by atoms with E-state index in [-0.39, 0.29) is 24.8 Å². The first-order valence-electron chi connectivity index (χ1n) is 7.91. The second kappa shape index (κ2) is 8.91. The molecule has 0 atom stereocenters. The third kappa shape index (κ3) is 4.48. The van der Waals surface area contributed by atoms with Crippen LogP contribution in [0.3, 0.4) is 0 Å². The van der Waals surface area contributed by atoms with Crippen molar-refractivity contribution in [3.63, 3.8) is 0 Å². The molecule has 1 aromatic carbocycles. The Morgan fingerprint density at radius 3 is 2.60 bits per heavy atom. The summed E-state index contributed by atoms with van der Waals surface area (Å²) < 4.78 is 6.34. The molecule has 3 heterocycles. The number of aromatic nitrogens is 3. The standard InChI is InChI=1S/C16H19N5OS.2ClH/c17-9-15-19-14(20-22-15)10-21-7-5-11(6-8-21)16-18-12-3-1-2-4-13(12)23-16;;/h1-4,11H,5-10,17H2;2*1H. The minimum absolute atomic E-state index is 0. The van der Waals surface area contributed by atoms with Crippen LogP contribution in [0.5, 0.6) is 0 Å². The molecule has 4 rings (SSSR count). The molecule has 1 saturated heterocycles. The fourth-order valence-electron chi connectivity index (χ4n) is 3.04. The van der Waals surface area contributed by atoms with Crippen LogP contribution in [0.2, 0.25) is 0 Å². The number of nitrogens with two attached hydrogens (primary N) is 1. The van der Waals surface area contributed by atoms with Gasteiger partial charge in [-0.15, -0.1) is 36.2 Å². The van der Waals surface area contributed by atoms with Gasteiger partial charge >= 0.3 is 0 Å². The summed E-state index contributed by atoms with van der Waals surface area (Å²) in [7, 11) is 0. The van der Waals surface area contributed by atoms with Gasteiger partial charge in [-0.3, -0.25) is 4.90 Å². The Labute approximate surface area is 162 Å². The van der Waals surface area contributed by atoms with E-state index >= 15 is 0 Å². The van der Waals surface area contributed by atoms with Crippen molar-refractivity contribution in [3.8, 4) is 0 Å². The number of hydrogen-bond acceptors (Lipinski definition) is 7. The van der Waals surface area contributed by atoms with Crippen LogP contribution in [0.1, 0.15) is 35.5 Å². The number of benzene rings is 1. The van der Waals surface area contributed by atoms with Crippen molar-refractivity contribution >= 4 is 46.4 Å². The highest BCUT2D eigenvalue weighted by molar-refractivity contribution is 7.18. The van der Waals surface area contributed by atoms with Crippen molar-refractivity contribution in [3.05, 3.63) is 41.0 Å². The van der Waals surface area contributed by atoms with Crippen LogP contribution >= 0.6 is 36.2 Å². The minimum Gasteiger partial charge on any atom is -0.338 e. The number of thiazole rings is 1. The van der Waals surface area contributed by atoms with Gasteiger partial charge in [-0.2, -0.15) is 4.98 Å². The number of piperidine rings is 1. The molecule has 0 unspecified atom stereocenters. The van der Waals surface area contributed by atoms with Crippen LogP contribution in [0, 0.1) is 0 Å². The van der Waals surface area contributed by atoms with E-state index < -0.39 is 0 Å². The summed E-state index contributed by atoms with van der Waals surface area (Å²) in [4.78, 5) is 11.5. The number of hydrogen-bond donors (Lipinski definition) is 1. The van der Waals surface area contributed by atoms with E-state index in [4.69, 9.17) is 15.2 Å². The third-order valence-corrected chi connectivity index (χ3v) is 5.50. The van der Waals surface area contributed by atoms with Gasteiger partial charge in [0.2, 0.25) is 5.89 Å². The molecule has 0 saturated carbocycles. The lowest BCUT2D eigenvalue weighted by molar-refractivity contribution is 0.198. The summed E-state index contributed by atoms with van der Waals surface area (Å²) in [6, 6.07) is 8.37. The van der Waals surface area contributed by atoms with E-state index in [0.29, 0.717) is 18.4 Å². The fourth-order valence-corrected chi connectivity index (χ4v) is 4.18. The van der Waals surface area contributed by atoms with E-state index in [0.717, 1.165) is 43.8 Å². The average molecular weight is 402 g/mol. The zero-order chi connectivity index (χ0) is 15.6. The van der Waals surface area contributed by atoms with Gasteiger partial charge in [0.05, 0.1) is 28.3 Å². The van der Waals surface area contributed by atoms with Gasteiger partial charge in [0.1, 0.15) is 0 Å². The molecule has 3 aromatic rings. The second-order valence-corrected chi connectivity index (χ2v) is 6.94. The SMILES string of the molecule is Cl.Cl.NCc1nc(CN2CCC(c3nc4ccccc4s3)CC2)no1. The molecule has 0 radical (unpaired) electrons. The Morgan fingerprint density at radius 1 is 1.16 bits per heavy atom. The number of fused-ring (bicyclic) bond motifs is 1. The summed E-state index contributed by atoms with van der Waals surface area (Å²) in [5, 5.41) is 5.24. The van der Waals surface area contributed by atoms with E-state index in [9.17, 15) is 0 Å². The van der Waals surface area contributed by atoms with Crippen LogP contribution in [0.25, 0.3) is 10.2 Å². The van der Waals surface area contributed by atoms with Gasteiger partial charge in [-0.05, 0) is 38.1 Å². The average Bonchev–Trinajstić information content (AvgIpc) is 3.21. The quantitative estimate of drug-likeness (QED) is 0.721. The molecule has 25 heavy (non-hydrogen) atoms. The summed E-state index contributed by atoms with van der Waals surface area (Å²) >= 11 is 1.83. The third-order valence-electron chi connectivity index (χ3n) is 4.30. The molecule has 0 amide bonds. The van der Waals surface area contributed by atoms with Crippen LogP contribution in [0.15, 0.2) is 28.8 Å². The Bertz CT molecular complexity index is 768. The number of rotatable bonds is 4. The summed E-state index contributed by atoms with van der Waals surface area (Å²) in [6.45, 7) is 3.10. The van der Waals surface area contributed by atoms with Gasteiger partial charge < -0.3 is 10.3 Å². The first-order valence-corrected chi connectivity index (χ1v) is 8.73. The number of nitrogens with zero attached hydrogens (tertiary/aromatic N) is 4. The molecular weight excluding hydrogens is 381 g/mol. The zero-order valence-electron chi connectivity index (χ0n) is 13.6. The maximum atomic E-state index is 5.50. The smallest absolute Gasteiger partial charge is 0.240 e. The second-order valence-electron chi connectivity index (χ2n) is 5.88. The molecule has 136 valence electrons. The van der Waals surface area contributed by atoms with Crippen LogP contribution in [-0.2, 0) is 13.1 Å². The predicted octanol–water partition coefficient (Wildman–Crippen LogP) is 3.36. The van der Waals surface area contributed by atoms with Crippen molar-refractivity contribution in [1.29, 1.82) is 0 Å². The molecule has 1 aliphatic heterocycles. The lowest BCUT2D eigenvalue weighted by Gasteiger charge is -2.29. The molecule has 6 nitrogen and oxygen atoms in total. The van der Waals surface area contributed by atoms with Gasteiger partial charge in [0.15, 0.2) is 5.82 Å². The first kappa shape index (κ1) is 20.1. The summed E-state index contributed by atoms with van der Waals surface area (Å²) in [5.41, 5.74) is 6.62. The topological polar surface area (TPSA) is 81.1 Å². The van der Waals surface area contributed by atoms with Crippen LogP contribution in [0.4, 0.5) is 0 Å².